The zero-order valence-corrected chi connectivity index (χ0v) is 39.1. The maximum Gasteiger partial charge on any atom is 0.306 e. The number of ether oxygens (including phenoxy) is 3. The number of unbranched alkanes of at least 4 members (excludes halogenated alkanes) is 14. The van der Waals surface area contributed by atoms with Gasteiger partial charge in [-0.05, 0) is 77.0 Å². The second kappa shape index (κ2) is 49.0. The average Bonchev–Trinajstić information content (AvgIpc) is 3.27. The van der Waals surface area contributed by atoms with E-state index in [1.165, 1.54) is 19.3 Å². The van der Waals surface area contributed by atoms with Crippen LogP contribution in [0.4, 0.5) is 0 Å². The van der Waals surface area contributed by atoms with Crippen molar-refractivity contribution < 1.29 is 28.6 Å². The van der Waals surface area contributed by atoms with Crippen LogP contribution in [0, 0.1) is 0 Å². The molecule has 0 bridgehead atoms. The fraction of sp³-hybridized carbons (Fsp3) is 0.518. The molecule has 0 aliphatic carbocycles. The summed E-state index contributed by atoms with van der Waals surface area (Å²) in [5, 5.41) is 0. The lowest BCUT2D eigenvalue weighted by Gasteiger charge is -2.18. The van der Waals surface area contributed by atoms with Gasteiger partial charge in [-0.25, -0.2) is 0 Å². The van der Waals surface area contributed by atoms with Crippen LogP contribution in [0.1, 0.15) is 168 Å². The van der Waals surface area contributed by atoms with Crippen LogP contribution in [0.3, 0.4) is 0 Å². The lowest BCUT2D eigenvalue weighted by atomic mass is 10.1. The van der Waals surface area contributed by atoms with E-state index in [-0.39, 0.29) is 31.6 Å². The van der Waals surface area contributed by atoms with Crippen molar-refractivity contribution in [3.8, 4) is 0 Å². The molecule has 0 rings (SSSR count). The van der Waals surface area contributed by atoms with Crippen LogP contribution in [0.2, 0.25) is 0 Å². The Morgan fingerprint density at radius 2 is 0.645 bits per heavy atom. The first-order chi connectivity index (χ1) is 30.5. The first kappa shape index (κ1) is 57.3. The molecule has 62 heavy (non-hydrogen) atoms. The molecular formula is C56H84O6. The Morgan fingerprint density at radius 1 is 0.339 bits per heavy atom. The molecule has 6 nitrogen and oxygen atoms in total. The largest absolute Gasteiger partial charge is 0.462 e. The van der Waals surface area contributed by atoms with Crippen LogP contribution >= 0.6 is 0 Å². The third kappa shape index (κ3) is 46.4. The van der Waals surface area contributed by atoms with Crippen molar-refractivity contribution in [2.75, 3.05) is 13.2 Å². The van der Waals surface area contributed by atoms with E-state index in [4.69, 9.17) is 14.2 Å². The summed E-state index contributed by atoms with van der Waals surface area (Å²) in [6, 6.07) is 0. The highest BCUT2D eigenvalue weighted by molar-refractivity contribution is 5.71. The molecule has 344 valence electrons. The minimum Gasteiger partial charge on any atom is -0.462 e. The normalized spacial score (nSPS) is 13.4. The highest BCUT2D eigenvalue weighted by Gasteiger charge is 2.19. The molecule has 0 saturated heterocycles. The van der Waals surface area contributed by atoms with E-state index in [0.717, 1.165) is 96.3 Å². The van der Waals surface area contributed by atoms with E-state index in [9.17, 15) is 14.4 Å². The lowest BCUT2D eigenvalue weighted by molar-refractivity contribution is -0.167. The van der Waals surface area contributed by atoms with Gasteiger partial charge in [0.05, 0.1) is 0 Å². The fourth-order valence-electron chi connectivity index (χ4n) is 5.78. The number of carbonyl (C=O) groups excluding carboxylic acids is 3. The average molecular weight is 853 g/mol. The number of carbonyl (C=O) groups is 3. The summed E-state index contributed by atoms with van der Waals surface area (Å²) in [5.41, 5.74) is 0. The SMILES string of the molecule is CC/C=C/C=C/C=C/C=C/C=C/CCCC(=O)OC(COC(=O)CCCCCCC/C=C/C=C/C=C/C=C/CCCCC)COC(=O)CCCCCCC/C=C/C=C/C=C/CC. The summed E-state index contributed by atoms with van der Waals surface area (Å²) in [4.78, 5) is 37.8. The molecule has 0 amide bonds. The van der Waals surface area contributed by atoms with Crippen LogP contribution in [0.5, 0.6) is 0 Å². The van der Waals surface area contributed by atoms with E-state index >= 15 is 0 Å². The summed E-state index contributed by atoms with van der Waals surface area (Å²) in [6.07, 6.45) is 69.7. The van der Waals surface area contributed by atoms with Crippen molar-refractivity contribution in [2.45, 2.75) is 175 Å². The summed E-state index contributed by atoms with van der Waals surface area (Å²) < 4.78 is 16.6. The Bertz CT molecular complexity index is 1440. The van der Waals surface area contributed by atoms with E-state index in [1.807, 2.05) is 60.8 Å². The maximum atomic E-state index is 12.7. The molecule has 0 aromatic carbocycles. The molecule has 0 aromatic heterocycles. The Kier molecular flexibility index (Phi) is 45.2. The summed E-state index contributed by atoms with van der Waals surface area (Å²) in [6.45, 7) is 6.18. The summed E-state index contributed by atoms with van der Waals surface area (Å²) >= 11 is 0. The van der Waals surface area contributed by atoms with E-state index < -0.39 is 12.1 Å². The van der Waals surface area contributed by atoms with Crippen molar-refractivity contribution in [3.05, 3.63) is 146 Å². The standard InChI is InChI=1S/C56H84O6/c1-4-7-10-13-16-19-22-25-26-27-28-29-32-34-37-40-43-46-49-55(58)61-52-53(62-56(59)50-47-44-41-38-35-31-24-21-18-15-12-9-6-3)51-60-54(57)48-45-42-39-36-33-30-23-20-17-14-11-8-5-2/h8-9,11-12,14-29,31,35,38,41,53H,4-7,10,13,30,32-34,36-37,39-40,42-52H2,1-3H3/b11-8+,12-9+,17-14+,18-15+,19-16+,23-20+,24-21+,25-22+,27-26+,29-28+,35-31+,41-38+. The van der Waals surface area contributed by atoms with Gasteiger partial charge in [-0.15, -0.1) is 0 Å². The number of allylic oxidation sites excluding steroid dienone is 24. The van der Waals surface area contributed by atoms with Gasteiger partial charge in [-0.1, -0.05) is 218 Å². The molecule has 0 N–H and O–H groups in total. The van der Waals surface area contributed by atoms with Gasteiger partial charge in [0.2, 0.25) is 0 Å². The molecule has 1 atom stereocenters. The minimum atomic E-state index is -0.839. The van der Waals surface area contributed by atoms with Gasteiger partial charge < -0.3 is 14.2 Å². The smallest absolute Gasteiger partial charge is 0.306 e. The zero-order chi connectivity index (χ0) is 45.1. The minimum absolute atomic E-state index is 0.132. The van der Waals surface area contributed by atoms with Crippen molar-refractivity contribution in [1.29, 1.82) is 0 Å². The molecule has 1 unspecified atom stereocenters. The van der Waals surface area contributed by atoms with Gasteiger partial charge in [0, 0.05) is 19.3 Å². The molecule has 0 aliphatic heterocycles. The second-order valence-electron chi connectivity index (χ2n) is 15.2. The predicted molar refractivity (Wildman–Crippen MR) is 265 cm³/mol. The van der Waals surface area contributed by atoms with Gasteiger partial charge in [-0.2, -0.15) is 0 Å². The molecular weight excluding hydrogens is 769 g/mol. The van der Waals surface area contributed by atoms with Crippen LogP contribution in [-0.2, 0) is 28.6 Å². The van der Waals surface area contributed by atoms with Gasteiger partial charge in [0.25, 0.3) is 0 Å². The molecule has 0 fully saturated rings. The number of rotatable bonds is 40. The summed E-state index contributed by atoms with van der Waals surface area (Å²) in [7, 11) is 0. The monoisotopic (exact) mass is 853 g/mol. The fourth-order valence-corrected chi connectivity index (χ4v) is 5.78. The van der Waals surface area contributed by atoms with Crippen molar-refractivity contribution >= 4 is 17.9 Å². The Morgan fingerprint density at radius 3 is 1.03 bits per heavy atom. The van der Waals surface area contributed by atoms with Gasteiger partial charge >= 0.3 is 17.9 Å². The van der Waals surface area contributed by atoms with Crippen LogP contribution < -0.4 is 0 Å². The first-order valence-electron chi connectivity index (χ1n) is 24.0. The van der Waals surface area contributed by atoms with Crippen LogP contribution in [0.25, 0.3) is 0 Å². The molecule has 0 saturated carbocycles. The molecule has 0 aromatic rings. The Labute approximate surface area is 378 Å². The van der Waals surface area contributed by atoms with E-state index in [2.05, 4.69) is 106 Å². The topological polar surface area (TPSA) is 78.9 Å². The highest BCUT2D eigenvalue weighted by Crippen LogP contribution is 2.11. The molecule has 0 aliphatic rings. The van der Waals surface area contributed by atoms with Crippen molar-refractivity contribution in [3.63, 3.8) is 0 Å². The first-order valence-corrected chi connectivity index (χ1v) is 24.0. The lowest BCUT2D eigenvalue weighted by Crippen LogP contribution is -2.30. The molecule has 6 heteroatoms. The Balaban J connectivity index is 4.59. The zero-order valence-electron chi connectivity index (χ0n) is 39.1. The maximum absolute atomic E-state index is 12.7. The highest BCUT2D eigenvalue weighted by atomic mass is 16.6. The van der Waals surface area contributed by atoms with Crippen LogP contribution in [-0.4, -0.2) is 37.2 Å². The summed E-state index contributed by atoms with van der Waals surface area (Å²) in [5.74, 6) is -1.07. The molecule has 0 spiro atoms. The molecule has 0 heterocycles. The van der Waals surface area contributed by atoms with Crippen molar-refractivity contribution in [1.82, 2.24) is 0 Å². The third-order valence-corrected chi connectivity index (χ3v) is 9.34. The molecule has 0 radical (unpaired) electrons. The quantitative estimate of drug-likeness (QED) is 0.0264. The van der Waals surface area contributed by atoms with Gasteiger partial charge in [-0.3, -0.25) is 14.4 Å². The van der Waals surface area contributed by atoms with E-state index in [0.29, 0.717) is 25.7 Å². The van der Waals surface area contributed by atoms with E-state index in [1.54, 1.807) is 0 Å². The second-order valence-corrected chi connectivity index (χ2v) is 15.2. The predicted octanol–water partition coefficient (Wildman–Crippen LogP) is 15.7. The number of hydrogen-bond donors (Lipinski definition) is 0. The van der Waals surface area contributed by atoms with Gasteiger partial charge in [0.15, 0.2) is 6.10 Å². The number of esters is 3. The Hall–Kier alpha value is -4.71. The van der Waals surface area contributed by atoms with Gasteiger partial charge in [0.1, 0.15) is 13.2 Å². The van der Waals surface area contributed by atoms with Crippen LogP contribution in [0.15, 0.2) is 146 Å². The number of hydrogen-bond acceptors (Lipinski definition) is 6. The van der Waals surface area contributed by atoms with Crippen molar-refractivity contribution in [2.24, 2.45) is 0 Å². The third-order valence-electron chi connectivity index (χ3n) is 9.34.